The molecule has 0 aromatic carbocycles. The SMILES string of the molecule is CO[C@@H]1CCC[C@H](CO)C1.CO[C@H]1CCC[C@H](CO)C1. The number of hydrogen-bond donors (Lipinski definition) is 2. The predicted octanol–water partition coefficient (Wildman–Crippen LogP) is 2.37. The van der Waals surface area contributed by atoms with Crippen LogP contribution in [0.3, 0.4) is 0 Å². The Hall–Kier alpha value is -0.160. The van der Waals surface area contributed by atoms with Crippen LogP contribution in [0.4, 0.5) is 0 Å². The minimum Gasteiger partial charge on any atom is -0.396 e. The van der Waals surface area contributed by atoms with Crippen molar-refractivity contribution in [2.24, 2.45) is 11.8 Å². The number of aliphatic hydroxyl groups is 2. The van der Waals surface area contributed by atoms with Crippen LogP contribution in [0.15, 0.2) is 0 Å². The Labute approximate surface area is 123 Å². The van der Waals surface area contributed by atoms with Gasteiger partial charge in [-0.3, -0.25) is 0 Å². The summed E-state index contributed by atoms with van der Waals surface area (Å²) in [5.74, 6) is 0.998. The second-order valence-electron chi connectivity index (χ2n) is 6.15. The molecule has 0 bridgehead atoms. The van der Waals surface area contributed by atoms with E-state index in [2.05, 4.69) is 0 Å². The quantitative estimate of drug-likeness (QED) is 0.834. The molecule has 2 rings (SSSR count). The van der Waals surface area contributed by atoms with Crippen LogP contribution in [0.1, 0.15) is 51.4 Å². The van der Waals surface area contributed by atoms with Crippen molar-refractivity contribution in [2.45, 2.75) is 63.6 Å². The van der Waals surface area contributed by atoms with Crippen LogP contribution in [0.5, 0.6) is 0 Å². The lowest BCUT2D eigenvalue weighted by Crippen LogP contribution is -2.23. The van der Waals surface area contributed by atoms with Gasteiger partial charge in [-0.15, -0.1) is 0 Å². The Bertz CT molecular complexity index is 191. The number of methoxy groups -OCH3 is 2. The molecule has 2 N–H and O–H groups in total. The Kier molecular flexibility index (Phi) is 9.44. The van der Waals surface area contributed by atoms with Crippen LogP contribution in [0.2, 0.25) is 0 Å². The van der Waals surface area contributed by atoms with Crippen LogP contribution in [0, 0.1) is 11.8 Å². The summed E-state index contributed by atoms with van der Waals surface area (Å²) in [6.07, 6.45) is 10.0. The molecule has 0 saturated heterocycles. The third kappa shape index (κ3) is 6.53. The molecule has 0 radical (unpaired) electrons. The van der Waals surface area contributed by atoms with E-state index in [1.54, 1.807) is 14.2 Å². The summed E-state index contributed by atoms with van der Waals surface area (Å²) < 4.78 is 10.4. The number of hydrogen-bond acceptors (Lipinski definition) is 4. The van der Waals surface area contributed by atoms with Gasteiger partial charge in [0, 0.05) is 27.4 Å². The largest absolute Gasteiger partial charge is 0.396 e. The zero-order valence-corrected chi connectivity index (χ0v) is 13.1. The number of ether oxygens (including phenoxy) is 2. The molecule has 0 heterocycles. The Morgan fingerprint density at radius 1 is 0.750 bits per heavy atom. The Morgan fingerprint density at radius 2 is 1.15 bits per heavy atom. The monoisotopic (exact) mass is 288 g/mol. The van der Waals surface area contributed by atoms with Crippen molar-refractivity contribution in [3.8, 4) is 0 Å². The lowest BCUT2D eigenvalue weighted by atomic mass is 9.88. The van der Waals surface area contributed by atoms with Crippen molar-refractivity contribution >= 4 is 0 Å². The summed E-state index contributed by atoms with van der Waals surface area (Å²) in [6.45, 7) is 0.666. The van der Waals surface area contributed by atoms with Crippen molar-refractivity contribution in [3.63, 3.8) is 0 Å². The van der Waals surface area contributed by atoms with Gasteiger partial charge in [0.2, 0.25) is 0 Å². The standard InChI is InChI=1S/2C8H16O2/c2*1-10-8-4-2-3-7(5-8)6-9/h2*7-9H,2-6H2,1H3/t7-,8+;7-,8-/m00/s1. The smallest absolute Gasteiger partial charge is 0.0574 e. The normalized spacial score (nSPS) is 34.2. The van der Waals surface area contributed by atoms with Gasteiger partial charge in [0.1, 0.15) is 0 Å². The molecule has 0 amide bonds. The van der Waals surface area contributed by atoms with Gasteiger partial charge in [-0.1, -0.05) is 12.8 Å². The molecule has 4 atom stereocenters. The first-order valence-electron chi connectivity index (χ1n) is 8.00. The van der Waals surface area contributed by atoms with E-state index in [9.17, 15) is 0 Å². The maximum atomic E-state index is 8.85. The highest BCUT2D eigenvalue weighted by atomic mass is 16.5. The highest BCUT2D eigenvalue weighted by Crippen LogP contribution is 2.25. The maximum absolute atomic E-state index is 8.85. The fraction of sp³-hybridized carbons (Fsp3) is 1.00. The van der Waals surface area contributed by atoms with Crippen molar-refractivity contribution in [3.05, 3.63) is 0 Å². The lowest BCUT2D eigenvalue weighted by molar-refractivity contribution is 0.0363. The Morgan fingerprint density at radius 3 is 1.45 bits per heavy atom. The van der Waals surface area contributed by atoms with Gasteiger partial charge in [0.25, 0.3) is 0 Å². The third-order valence-corrected chi connectivity index (χ3v) is 4.65. The van der Waals surface area contributed by atoms with Gasteiger partial charge in [-0.2, -0.15) is 0 Å². The highest BCUT2D eigenvalue weighted by Gasteiger charge is 2.21. The summed E-state index contributed by atoms with van der Waals surface area (Å²) in [7, 11) is 3.51. The van der Waals surface area contributed by atoms with E-state index < -0.39 is 0 Å². The van der Waals surface area contributed by atoms with Crippen LogP contribution < -0.4 is 0 Å². The fourth-order valence-electron chi connectivity index (χ4n) is 3.24. The first-order valence-corrected chi connectivity index (χ1v) is 8.00. The van der Waals surface area contributed by atoms with E-state index in [0.29, 0.717) is 37.3 Å². The average Bonchev–Trinajstić information content (AvgIpc) is 2.55. The molecule has 0 aromatic rings. The molecule has 120 valence electrons. The minimum absolute atomic E-state index is 0.333. The zero-order valence-electron chi connectivity index (χ0n) is 13.1. The van der Waals surface area contributed by atoms with Crippen molar-refractivity contribution in [2.75, 3.05) is 27.4 Å². The summed E-state index contributed by atoms with van der Waals surface area (Å²) in [4.78, 5) is 0. The maximum Gasteiger partial charge on any atom is 0.0574 e. The second kappa shape index (κ2) is 10.6. The van der Waals surface area contributed by atoms with Crippen molar-refractivity contribution in [1.82, 2.24) is 0 Å². The molecule has 0 spiro atoms. The van der Waals surface area contributed by atoms with E-state index in [-0.39, 0.29) is 0 Å². The molecule has 4 nitrogen and oxygen atoms in total. The molecule has 0 aromatic heterocycles. The fourth-order valence-corrected chi connectivity index (χ4v) is 3.24. The van der Waals surface area contributed by atoms with Gasteiger partial charge < -0.3 is 19.7 Å². The van der Waals surface area contributed by atoms with E-state index in [1.807, 2.05) is 0 Å². The summed E-state index contributed by atoms with van der Waals surface area (Å²) in [5, 5.41) is 17.7. The van der Waals surface area contributed by atoms with Gasteiger partial charge in [0.05, 0.1) is 12.2 Å². The predicted molar refractivity (Wildman–Crippen MR) is 79.7 cm³/mol. The van der Waals surface area contributed by atoms with Crippen LogP contribution >= 0.6 is 0 Å². The van der Waals surface area contributed by atoms with Crippen LogP contribution in [0.25, 0.3) is 0 Å². The van der Waals surface area contributed by atoms with E-state index in [4.69, 9.17) is 19.7 Å². The molecule has 2 aliphatic carbocycles. The first kappa shape index (κ1) is 17.9. The molecule has 2 saturated carbocycles. The van der Waals surface area contributed by atoms with Gasteiger partial charge in [0.15, 0.2) is 0 Å². The lowest BCUT2D eigenvalue weighted by Gasteiger charge is -2.26. The van der Waals surface area contributed by atoms with Crippen LogP contribution in [-0.4, -0.2) is 49.9 Å². The van der Waals surface area contributed by atoms with Gasteiger partial charge >= 0.3 is 0 Å². The summed E-state index contributed by atoms with van der Waals surface area (Å²) in [6, 6.07) is 0. The third-order valence-electron chi connectivity index (χ3n) is 4.65. The second-order valence-corrected chi connectivity index (χ2v) is 6.15. The summed E-state index contributed by atoms with van der Waals surface area (Å²) >= 11 is 0. The minimum atomic E-state index is 0.333. The summed E-state index contributed by atoms with van der Waals surface area (Å²) in [5.41, 5.74) is 0. The van der Waals surface area contributed by atoms with Crippen molar-refractivity contribution in [1.29, 1.82) is 0 Å². The van der Waals surface area contributed by atoms with Gasteiger partial charge in [-0.25, -0.2) is 0 Å². The van der Waals surface area contributed by atoms with E-state index in [0.717, 1.165) is 12.8 Å². The van der Waals surface area contributed by atoms with E-state index in [1.165, 1.54) is 38.5 Å². The molecule has 4 heteroatoms. The number of rotatable bonds is 4. The van der Waals surface area contributed by atoms with Gasteiger partial charge in [-0.05, 0) is 50.4 Å². The average molecular weight is 288 g/mol. The molecular formula is C16H32O4. The topological polar surface area (TPSA) is 58.9 Å². The molecule has 0 aliphatic heterocycles. The molecular weight excluding hydrogens is 256 g/mol. The first-order chi connectivity index (χ1) is 9.73. The van der Waals surface area contributed by atoms with Crippen LogP contribution in [-0.2, 0) is 9.47 Å². The number of aliphatic hydroxyl groups excluding tert-OH is 2. The zero-order chi connectivity index (χ0) is 14.8. The van der Waals surface area contributed by atoms with E-state index >= 15 is 0 Å². The highest BCUT2D eigenvalue weighted by molar-refractivity contribution is 4.72. The molecule has 20 heavy (non-hydrogen) atoms. The Balaban J connectivity index is 0.000000200. The molecule has 2 fully saturated rings. The molecule has 0 unspecified atom stereocenters. The van der Waals surface area contributed by atoms with Crippen molar-refractivity contribution < 1.29 is 19.7 Å². The molecule has 2 aliphatic rings.